The summed E-state index contributed by atoms with van der Waals surface area (Å²) in [7, 11) is 2.67. The molecule has 0 saturated carbocycles. The molecular formula is C17H33N3O5. The minimum Gasteiger partial charge on any atom is -0.479 e. The van der Waals surface area contributed by atoms with Gasteiger partial charge in [-0.3, -0.25) is 9.59 Å². The van der Waals surface area contributed by atoms with Crippen LogP contribution in [0.1, 0.15) is 40.0 Å². The second-order valence-electron chi connectivity index (χ2n) is 4.94. The lowest BCUT2D eigenvalue weighted by atomic mass is 10.1. The number of amides is 2. The molecule has 2 amide bonds. The van der Waals surface area contributed by atoms with E-state index in [0.717, 1.165) is 13.5 Å². The second kappa shape index (κ2) is 15.6. The van der Waals surface area contributed by atoms with Crippen LogP contribution in [-0.2, 0) is 14.4 Å². The number of aliphatic hydroxyl groups excluding tert-OH is 1. The molecule has 1 rings (SSSR count). The fraction of sp³-hybridized carbons (Fsp3) is 0.706. The van der Waals surface area contributed by atoms with Crippen molar-refractivity contribution in [1.82, 2.24) is 15.5 Å². The molecular weight excluding hydrogens is 326 g/mol. The molecule has 4 N–H and O–H groups in total. The summed E-state index contributed by atoms with van der Waals surface area (Å²) >= 11 is 0. The fourth-order valence-electron chi connectivity index (χ4n) is 2.30. The highest BCUT2D eigenvalue weighted by Crippen LogP contribution is 2.17. The molecule has 1 saturated heterocycles. The molecule has 1 aliphatic heterocycles. The summed E-state index contributed by atoms with van der Waals surface area (Å²) in [5.74, 6) is -1.67. The standard InChI is InChI=1S/C14H23N3O4.C2H6.CH4O/c1-3-4-6-10(14(20)21)16-13(19)11-7-5-8-17(11)12(18)9-15-2;2*1-2/h4,6,10-11,15H,3,5,7-9H2,1-2H3,(H,16,19)(H,20,21);1-2H3;2H,1H3/b6-4-;;. The number of hydrogen-bond donors (Lipinski definition) is 4. The number of likely N-dealkylation sites (N-methyl/N-ethyl adjacent to an activating group) is 1. The minimum atomic E-state index is -1.11. The molecule has 0 aromatic carbocycles. The van der Waals surface area contributed by atoms with Crippen LogP contribution in [0.5, 0.6) is 0 Å². The summed E-state index contributed by atoms with van der Waals surface area (Å²) in [5, 5.41) is 21.3. The number of nitrogens with zero attached hydrogens (tertiary/aromatic N) is 1. The predicted molar refractivity (Wildman–Crippen MR) is 97.2 cm³/mol. The van der Waals surface area contributed by atoms with Gasteiger partial charge in [-0.05, 0) is 26.3 Å². The van der Waals surface area contributed by atoms with Crippen LogP contribution in [0.3, 0.4) is 0 Å². The molecule has 1 aliphatic rings. The summed E-state index contributed by atoms with van der Waals surface area (Å²) in [6, 6.07) is -1.64. The second-order valence-corrected chi connectivity index (χ2v) is 4.94. The highest BCUT2D eigenvalue weighted by atomic mass is 16.4. The number of carboxylic acid groups (broad SMARTS) is 1. The van der Waals surface area contributed by atoms with E-state index in [1.807, 2.05) is 20.8 Å². The van der Waals surface area contributed by atoms with E-state index in [0.29, 0.717) is 19.4 Å². The van der Waals surface area contributed by atoms with E-state index in [1.54, 1.807) is 13.1 Å². The van der Waals surface area contributed by atoms with Gasteiger partial charge in [0.25, 0.3) is 0 Å². The van der Waals surface area contributed by atoms with Crippen LogP contribution in [-0.4, -0.2) is 72.2 Å². The molecule has 0 bridgehead atoms. The number of carboxylic acids is 1. The summed E-state index contributed by atoms with van der Waals surface area (Å²) < 4.78 is 0. The van der Waals surface area contributed by atoms with Gasteiger partial charge >= 0.3 is 5.97 Å². The highest BCUT2D eigenvalue weighted by molar-refractivity contribution is 5.91. The van der Waals surface area contributed by atoms with E-state index in [9.17, 15) is 14.4 Å². The average molecular weight is 359 g/mol. The van der Waals surface area contributed by atoms with Crippen LogP contribution in [0.2, 0.25) is 0 Å². The Morgan fingerprint density at radius 1 is 1.28 bits per heavy atom. The van der Waals surface area contributed by atoms with Gasteiger partial charge in [-0.25, -0.2) is 4.79 Å². The molecule has 0 aromatic rings. The zero-order valence-corrected chi connectivity index (χ0v) is 15.9. The lowest BCUT2D eigenvalue weighted by molar-refractivity contribution is -0.142. The maximum atomic E-state index is 12.2. The van der Waals surface area contributed by atoms with Crippen LogP contribution >= 0.6 is 0 Å². The summed E-state index contributed by atoms with van der Waals surface area (Å²) in [6.45, 7) is 6.58. The monoisotopic (exact) mass is 359 g/mol. The Kier molecular flexibility index (Phi) is 15.8. The van der Waals surface area contributed by atoms with Crippen molar-refractivity contribution in [3.8, 4) is 0 Å². The molecule has 25 heavy (non-hydrogen) atoms. The first-order valence-corrected chi connectivity index (χ1v) is 8.59. The van der Waals surface area contributed by atoms with Crippen LogP contribution < -0.4 is 10.6 Å². The number of hydrogen-bond acceptors (Lipinski definition) is 5. The molecule has 0 aromatic heterocycles. The van der Waals surface area contributed by atoms with Gasteiger partial charge in [-0.2, -0.15) is 0 Å². The van der Waals surface area contributed by atoms with E-state index >= 15 is 0 Å². The Balaban J connectivity index is 0. The van der Waals surface area contributed by atoms with Crippen molar-refractivity contribution >= 4 is 17.8 Å². The first-order chi connectivity index (χ1) is 12.0. The largest absolute Gasteiger partial charge is 0.479 e. The average Bonchev–Trinajstić information content (AvgIpc) is 3.12. The molecule has 146 valence electrons. The predicted octanol–water partition coefficient (Wildman–Crippen LogP) is 0.367. The highest BCUT2D eigenvalue weighted by Gasteiger charge is 2.34. The quantitative estimate of drug-likeness (QED) is 0.488. The van der Waals surface area contributed by atoms with Crippen molar-refractivity contribution in [3.63, 3.8) is 0 Å². The van der Waals surface area contributed by atoms with Gasteiger partial charge in [0.1, 0.15) is 12.1 Å². The molecule has 2 atom stereocenters. The lowest BCUT2D eigenvalue weighted by Crippen LogP contribution is -2.51. The van der Waals surface area contributed by atoms with Gasteiger partial charge in [0.05, 0.1) is 6.54 Å². The minimum absolute atomic E-state index is 0.147. The number of likely N-dealkylation sites (tertiary alicyclic amines) is 1. The van der Waals surface area contributed by atoms with Crippen molar-refractivity contribution in [2.45, 2.75) is 52.1 Å². The number of nitrogens with one attached hydrogen (secondary N) is 2. The van der Waals surface area contributed by atoms with Crippen LogP contribution in [0.15, 0.2) is 12.2 Å². The molecule has 0 aliphatic carbocycles. The van der Waals surface area contributed by atoms with E-state index in [1.165, 1.54) is 11.0 Å². The van der Waals surface area contributed by atoms with Crippen molar-refractivity contribution in [3.05, 3.63) is 12.2 Å². The molecule has 8 nitrogen and oxygen atoms in total. The third-order valence-corrected chi connectivity index (χ3v) is 3.33. The zero-order valence-electron chi connectivity index (χ0n) is 15.9. The van der Waals surface area contributed by atoms with E-state index in [-0.39, 0.29) is 12.5 Å². The number of aliphatic carboxylic acids is 1. The smallest absolute Gasteiger partial charge is 0.330 e. The lowest BCUT2D eigenvalue weighted by Gasteiger charge is -2.24. The first kappa shape index (κ1) is 25.3. The summed E-state index contributed by atoms with van der Waals surface area (Å²) in [5.41, 5.74) is 0. The number of rotatable bonds is 7. The third-order valence-electron chi connectivity index (χ3n) is 3.33. The van der Waals surface area contributed by atoms with Gasteiger partial charge in [-0.1, -0.05) is 32.9 Å². The van der Waals surface area contributed by atoms with Crippen LogP contribution in [0, 0.1) is 0 Å². The summed E-state index contributed by atoms with van der Waals surface area (Å²) in [6.07, 6.45) is 5.14. The zero-order chi connectivity index (χ0) is 19.8. The first-order valence-electron chi connectivity index (χ1n) is 8.59. The maximum absolute atomic E-state index is 12.2. The number of carbonyl (C=O) groups is 3. The van der Waals surface area contributed by atoms with Crippen molar-refractivity contribution in [2.24, 2.45) is 0 Å². The fourth-order valence-corrected chi connectivity index (χ4v) is 2.30. The van der Waals surface area contributed by atoms with Gasteiger partial charge in [0.2, 0.25) is 11.8 Å². The Morgan fingerprint density at radius 2 is 1.88 bits per heavy atom. The Morgan fingerprint density at radius 3 is 2.36 bits per heavy atom. The van der Waals surface area contributed by atoms with Crippen molar-refractivity contribution < 1.29 is 24.6 Å². The number of allylic oxidation sites excluding steroid dienone is 1. The topological polar surface area (TPSA) is 119 Å². The van der Waals surface area contributed by atoms with Crippen LogP contribution in [0.4, 0.5) is 0 Å². The Labute approximate surface area is 150 Å². The van der Waals surface area contributed by atoms with Gasteiger partial charge in [-0.15, -0.1) is 0 Å². The van der Waals surface area contributed by atoms with E-state index < -0.39 is 24.0 Å². The number of aliphatic hydroxyl groups is 1. The molecule has 1 fully saturated rings. The van der Waals surface area contributed by atoms with Crippen molar-refractivity contribution in [1.29, 1.82) is 0 Å². The van der Waals surface area contributed by atoms with Gasteiger partial charge < -0.3 is 25.7 Å². The molecule has 0 radical (unpaired) electrons. The molecule has 1 heterocycles. The Hall–Kier alpha value is -1.93. The van der Waals surface area contributed by atoms with E-state index in [4.69, 9.17) is 10.2 Å². The molecule has 8 heteroatoms. The summed E-state index contributed by atoms with van der Waals surface area (Å²) in [4.78, 5) is 36.8. The molecule has 2 unspecified atom stereocenters. The number of carbonyl (C=O) groups excluding carboxylic acids is 2. The maximum Gasteiger partial charge on any atom is 0.330 e. The SMILES string of the molecule is CC.CC/C=C\C(NC(=O)C1CCCN1C(=O)CNC)C(=O)O.CO. The van der Waals surface area contributed by atoms with Crippen molar-refractivity contribution in [2.75, 3.05) is 27.2 Å². The molecule has 0 spiro atoms. The van der Waals surface area contributed by atoms with Gasteiger partial charge in [0.15, 0.2) is 0 Å². The van der Waals surface area contributed by atoms with Gasteiger partial charge in [0, 0.05) is 13.7 Å². The third kappa shape index (κ3) is 9.21. The van der Waals surface area contributed by atoms with E-state index in [2.05, 4.69) is 10.6 Å². The normalized spacial score (nSPS) is 17.0. The van der Waals surface area contributed by atoms with Crippen LogP contribution in [0.25, 0.3) is 0 Å². The Bertz CT molecular complexity index is 427.